The summed E-state index contributed by atoms with van der Waals surface area (Å²) in [5.41, 5.74) is 0.760. The van der Waals surface area contributed by atoms with Gasteiger partial charge in [0.15, 0.2) is 10.8 Å². The Morgan fingerprint density at radius 1 is 1.45 bits per heavy atom. The van der Waals surface area contributed by atoms with Crippen LogP contribution in [-0.2, 0) is 15.6 Å². The Bertz CT molecular complexity index is 694. The lowest BCUT2D eigenvalue weighted by molar-refractivity contribution is -0.131. The summed E-state index contributed by atoms with van der Waals surface area (Å²) in [7, 11) is -0.746. The van der Waals surface area contributed by atoms with E-state index in [9.17, 15) is 9.00 Å². The normalized spacial score (nSPS) is 17.3. The number of aliphatic carboxylic acids is 1. The fourth-order valence-corrected chi connectivity index (χ4v) is 3.95. The van der Waals surface area contributed by atoms with Crippen LogP contribution in [0.5, 0.6) is 0 Å². The minimum atomic E-state index is -0.985. The Kier molecular flexibility index (Phi) is 3.58. The van der Waals surface area contributed by atoms with E-state index >= 15 is 0 Å². The molecule has 2 aromatic rings. The first-order valence-electron chi connectivity index (χ1n) is 6.11. The van der Waals surface area contributed by atoms with Crippen molar-refractivity contribution >= 4 is 45.0 Å². The fourth-order valence-electron chi connectivity index (χ4n) is 2.18. The minimum Gasteiger partial charge on any atom is -0.478 e. The molecule has 0 atom stereocenters. The van der Waals surface area contributed by atoms with Crippen molar-refractivity contribution < 1.29 is 14.1 Å². The van der Waals surface area contributed by atoms with Crippen LogP contribution in [0, 0.1) is 0 Å². The third-order valence-electron chi connectivity index (χ3n) is 3.14. The molecule has 0 bridgehead atoms. The second-order valence-corrected chi connectivity index (χ2v) is 6.95. The number of carboxylic acid groups (broad SMARTS) is 1. The van der Waals surface area contributed by atoms with Crippen LogP contribution in [0.4, 0.5) is 5.82 Å². The summed E-state index contributed by atoms with van der Waals surface area (Å²) in [4.78, 5) is 18.2. The number of nitrogens with zero attached hydrogens (tertiary/aromatic N) is 3. The van der Waals surface area contributed by atoms with Crippen LogP contribution in [-0.4, -0.2) is 49.3 Å². The van der Waals surface area contributed by atoms with Crippen LogP contribution in [0.1, 0.15) is 5.69 Å². The predicted molar refractivity (Wildman–Crippen MR) is 79.8 cm³/mol. The molecular formula is C12H13N3O3S2. The number of aromatic nitrogens is 2. The van der Waals surface area contributed by atoms with Gasteiger partial charge in [0.25, 0.3) is 0 Å². The van der Waals surface area contributed by atoms with E-state index in [0.29, 0.717) is 24.6 Å². The predicted octanol–water partition coefficient (Wildman–Crippen LogP) is 1.06. The molecule has 1 N–H and O–H groups in total. The van der Waals surface area contributed by atoms with Gasteiger partial charge in [-0.05, 0) is 6.08 Å². The quantitative estimate of drug-likeness (QED) is 0.858. The number of hydrogen-bond donors (Lipinski definition) is 1. The average Bonchev–Trinajstić information content (AvgIpc) is 2.98. The second-order valence-electron chi connectivity index (χ2n) is 4.38. The van der Waals surface area contributed by atoms with Crippen LogP contribution in [0.3, 0.4) is 0 Å². The molecule has 0 saturated carbocycles. The first kappa shape index (κ1) is 13.3. The number of fused-ring (bicyclic) bond motifs is 1. The van der Waals surface area contributed by atoms with Gasteiger partial charge >= 0.3 is 5.97 Å². The molecule has 0 amide bonds. The molecule has 106 valence electrons. The molecule has 8 heteroatoms. The third kappa shape index (κ3) is 2.48. The van der Waals surface area contributed by atoms with Crippen LogP contribution in [0.15, 0.2) is 17.7 Å². The largest absolute Gasteiger partial charge is 0.478 e. The minimum absolute atomic E-state index is 0.632. The molecule has 2 aromatic heterocycles. The van der Waals surface area contributed by atoms with Crippen molar-refractivity contribution in [1.82, 2.24) is 9.38 Å². The van der Waals surface area contributed by atoms with Gasteiger partial charge in [0.1, 0.15) is 0 Å². The summed E-state index contributed by atoms with van der Waals surface area (Å²) in [5, 5.41) is 10.7. The summed E-state index contributed by atoms with van der Waals surface area (Å²) < 4.78 is 13.3. The maximum Gasteiger partial charge on any atom is 0.328 e. The first-order chi connectivity index (χ1) is 9.65. The molecule has 6 nitrogen and oxygen atoms in total. The lowest BCUT2D eigenvalue weighted by Gasteiger charge is -2.26. The van der Waals surface area contributed by atoms with E-state index in [0.717, 1.165) is 22.5 Å². The van der Waals surface area contributed by atoms with Gasteiger partial charge in [-0.2, -0.15) is 0 Å². The highest BCUT2D eigenvalue weighted by molar-refractivity contribution is 7.85. The number of rotatable bonds is 3. The van der Waals surface area contributed by atoms with Crippen molar-refractivity contribution in [2.24, 2.45) is 0 Å². The second kappa shape index (κ2) is 5.37. The number of thiazole rings is 1. The highest BCUT2D eigenvalue weighted by Crippen LogP contribution is 2.26. The van der Waals surface area contributed by atoms with E-state index in [1.54, 1.807) is 6.08 Å². The van der Waals surface area contributed by atoms with Gasteiger partial charge < -0.3 is 10.0 Å². The number of hydrogen-bond acceptors (Lipinski definition) is 5. The van der Waals surface area contributed by atoms with Crippen molar-refractivity contribution in [2.45, 2.75) is 0 Å². The maximum atomic E-state index is 11.4. The third-order valence-corrected chi connectivity index (χ3v) is 5.17. The number of imidazole rings is 1. The standard InChI is InChI=1S/C12H13N3O3S2/c16-10(17)2-1-9-11(13-12-15(9)3-6-19-12)14-4-7-20(18)8-5-14/h1-3,6H,4-5,7-8H2,(H,16,17). The van der Waals surface area contributed by atoms with Gasteiger partial charge in [0.05, 0.1) is 5.69 Å². The molecule has 1 aliphatic rings. The molecule has 0 aliphatic carbocycles. The van der Waals surface area contributed by atoms with Crippen molar-refractivity contribution in [2.75, 3.05) is 29.5 Å². The first-order valence-corrected chi connectivity index (χ1v) is 8.48. The Balaban J connectivity index is 2.00. The van der Waals surface area contributed by atoms with Crippen molar-refractivity contribution in [3.8, 4) is 0 Å². The van der Waals surface area contributed by atoms with Crippen LogP contribution in [0.2, 0.25) is 0 Å². The Labute approximate surface area is 121 Å². The molecule has 3 rings (SSSR count). The summed E-state index contributed by atoms with van der Waals surface area (Å²) in [6.07, 6.45) is 4.56. The SMILES string of the molecule is O=C(O)C=Cc1c(N2CCS(=O)CC2)nc2sccn12. The van der Waals surface area contributed by atoms with Crippen LogP contribution < -0.4 is 4.90 Å². The Morgan fingerprint density at radius 2 is 2.20 bits per heavy atom. The molecule has 20 heavy (non-hydrogen) atoms. The van der Waals surface area contributed by atoms with E-state index in [2.05, 4.69) is 9.88 Å². The van der Waals surface area contributed by atoms with Gasteiger partial charge in [0.2, 0.25) is 0 Å². The molecule has 0 spiro atoms. The molecule has 0 unspecified atom stereocenters. The van der Waals surface area contributed by atoms with E-state index in [1.165, 1.54) is 11.3 Å². The number of carboxylic acids is 1. The van der Waals surface area contributed by atoms with Gasteiger partial charge in [-0.1, -0.05) is 0 Å². The number of carbonyl (C=O) groups is 1. The van der Waals surface area contributed by atoms with E-state index in [4.69, 9.17) is 5.11 Å². The maximum absolute atomic E-state index is 11.4. The highest BCUT2D eigenvalue weighted by Gasteiger charge is 2.21. The number of anilines is 1. The van der Waals surface area contributed by atoms with Gasteiger partial charge in [-0.3, -0.25) is 8.61 Å². The van der Waals surface area contributed by atoms with E-state index < -0.39 is 16.8 Å². The topological polar surface area (TPSA) is 74.9 Å². The molecule has 1 fully saturated rings. The van der Waals surface area contributed by atoms with Crippen molar-refractivity contribution in [3.05, 3.63) is 23.3 Å². The highest BCUT2D eigenvalue weighted by atomic mass is 32.2. The average molecular weight is 311 g/mol. The lowest BCUT2D eigenvalue weighted by atomic mass is 10.3. The fraction of sp³-hybridized carbons (Fsp3) is 0.333. The van der Waals surface area contributed by atoms with E-state index in [-0.39, 0.29) is 0 Å². The molecule has 1 aliphatic heterocycles. The summed E-state index contributed by atoms with van der Waals surface area (Å²) in [5.74, 6) is 1.05. The van der Waals surface area contributed by atoms with Gasteiger partial charge in [-0.25, -0.2) is 9.78 Å². The molecule has 3 heterocycles. The Hall–Kier alpha value is -1.67. The summed E-state index contributed by atoms with van der Waals surface area (Å²) in [6.45, 7) is 1.37. The zero-order valence-corrected chi connectivity index (χ0v) is 12.2. The molecule has 1 saturated heterocycles. The molecular weight excluding hydrogens is 298 g/mol. The van der Waals surface area contributed by atoms with Crippen LogP contribution >= 0.6 is 11.3 Å². The van der Waals surface area contributed by atoms with Gasteiger partial charge in [-0.15, -0.1) is 11.3 Å². The summed E-state index contributed by atoms with van der Waals surface area (Å²) in [6, 6.07) is 0. The van der Waals surface area contributed by atoms with E-state index in [1.807, 2.05) is 16.0 Å². The zero-order chi connectivity index (χ0) is 14.1. The zero-order valence-electron chi connectivity index (χ0n) is 10.6. The van der Waals surface area contributed by atoms with Crippen LogP contribution in [0.25, 0.3) is 11.0 Å². The smallest absolute Gasteiger partial charge is 0.328 e. The monoisotopic (exact) mass is 311 g/mol. The molecule has 0 radical (unpaired) electrons. The van der Waals surface area contributed by atoms with Gasteiger partial charge in [0, 0.05) is 53.0 Å². The Morgan fingerprint density at radius 3 is 2.90 bits per heavy atom. The molecule has 0 aromatic carbocycles. The van der Waals surface area contributed by atoms with Crippen molar-refractivity contribution in [1.29, 1.82) is 0 Å². The van der Waals surface area contributed by atoms with Crippen molar-refractivity contribution in [3.63, 3.8) is 0 Å². The summed E-state index contributed by atoms with van der Waals surface area (Å²) >= 11 is 1.50. The lowest BCUT2D eigenvalue weighted by Crippen LogP contribution is -2.38.